The Labute approximate surface area is 181 Å². The van der Waals surface area contributed by atoms with Gasteiger partial charge in [0, 0.05) is 5.25 Å². The van der Waals surface area contributed by atoms with Crippen LogP contribution in [0.1, 0.15) is 56.6 Å². The third-order valence-electron chi connectivity index (χ3n) is 6.04. The zero-order chi connectivity index (χ0) is 20.6. The predicted molar refractivity (Wildman–Crippen MR) is 131 cm³/mol. The van der Waals surface area contributed by atoms with E-state index in [0.29, 0.717) is 11.2 Å². The lowest BCUT2D eigenvalue weighted by molar-refractivity contribution is 0.586. The lowest BCUT2D eigenvalue weighted by Gasteiger charge is -2.17. The molecule has 1 aliphatic carbocycles. The number of rotatable bonds is 9. The summed E-state index contributed by atoms with van der Waals surface area (Å²) in [6.07, 6.45) is 16.5. The van der Waals surface area contributed by atoms with E-state index in [-0.39, 0.29) is 0 Å². The molecule has 2 atom stereocenters. The molecule has 1 aliphatic heterocycles. The molecule has 1 heterocycles. The van der Waals surface area contributed by atoms with Gasteiger partial charge in [0.15, 0.2) is 0 Å². The van der Waals surface area contributed by atoms with E-state index in [4.69, 9.17) is 5.73 Å². The van der Waals surface area contributed by atoms with Crippen LogP contribution in [0.4, 0.5) is 0 Å². The molecule has 1 aromatic rings. The lowest BCUT2D eigenvalue weighted by atomic mass is 9.89. The van der Waals surface area contributed by atoms with Gasteiger partial charge in [-0.15, -0.1) is 11.8 Å². The number of hydrogen-bond donors (Lipinski definition) is 1. The fourth-order valence-electron chi connectivity index (χ4n) is 4.03. The minimum atomic E-state index is 0.474. The van der Waals surface area contributed by atoms with Crippen molar-refractivity contribution in [3.63, 3.8) is 0 Å². The van der Waals surface area contributed by atoms with Gasteiger partial charge in [0.2, 0.25) is 0 Å². The molecule has 154 valence electrons. The molecule has 0 amide bonds. The normalized spacial score (nSPS) is 22.0. The highest BCUT2D eigenvalue weighted by atomic mass is 32.2. The van der Waals surface area contributed by atoms with Crippen molar-refractivity contribution in [2.45, 2.75) is 57.6 Å². The number of thioether (sulfide) groups is 1. The number of nitrogens with two attached hydrogens (primary N) is 1. The standard InChI is InChI=1S/C27H35NS/c1-20(10-12-24-15-13-23(14-16-24)8-6-18-28)11-17-27-22(3)26(19-29-27)25-9-5-4-7-21(25)2/h4-5,7,9,11,13-15,19,24,27H,3,6,8,10,12,16-18,28H2,1-2H3/b20-11+. The second-order valence-corrected chi connectivity index (χ2v) is 9.42. The van der Waals surface area contributed by atoms with Crippen LogP contribution in [0.3, 0.4) is 0 Å². The van der Waals surface area contributed by atoms with Crippen LogP contribution in [-0.2, 0) is 0 Å². The summed E-state index contributed by atoms with van der Waals surface area (Å²) in [6.45, 7) is 9.67. The Morgan fingerprint density at radius 3 is 2.86 bits per heavy atom. The summed E-state index contributed by atoms with van der Waals surface area (Å²) in [4.78, 5) is 0. The highest BCUT2D eigenvalue weighted by molar-refractivity contribution is 8.03. The van der Waals surface area contributed by atoms with E-state index in [2.05, 4.69) is 74.4 Å². The second kappa shape index (κ2) is 10.8. The van der Waals surface area contributed by atoms with Crippen LogP contribution >= 0.6 is 11.8 Å². The Kier molecular flexibility index (Phi) is 8.20. The van der Waals surface area contributed by atoms with Crippen molar-refractivity contribution >= 4 is 17.3 Å². The number of allylic oxidation sites excluding steroid dienone is 7. The maximum absolute atomic E-state index is 5.61. The first-order chi connectivity index (χ1) is 14.1. The zero-order valence-corrected chi connectivity index (χ0v) is 18.8. The highest BCUT2D eigenvalue weighted by Gasteiger charge is 2.23. The summed E-state index contributed by atoms with van der Waals surface area (Å²) >= 11 is 1.92. The molecule has 0 bridgehead atoms. The van der Waals surface area contributed by atoms with Crippen molar-refractivity contribution in [2.24, 2.45) is 11.7 Å². The van der Waals surface area contributed by atoms with Crippen molar-refractivity contribution in [2.75, 3.05) is 6.54 Å². The molecule has 0 radical (unpaired) electrons. The monoisotopic (exact) mass is 405 g/mol. The van der Waals surface area contributed by atoms with Gasteiger partial charge < -0.3 is 5.73 Å². The van der Waals surface area contributed by atoms with Gasteiger partial charge in [-0.05, 0) is 92.5 Å². The van der Waals surface area contributed by atoms with E-state index >= 15 is 0 Å². The van der Waals surface area contributed by atoms with E-state index in [1.807, 2.05) is 11.8 Å². The Balaban J connectivity index is 1.44. The molecule has 29 heavy (non-hydrogen) atoms. The van der Waals surface area contributed by atoms with Crippen molar-refractivity contribution < 1.29 is 0 Å². The lowest BCUT2D eigenvalue weighted by Crippen LogP contribution is -2.03. The van der Waals surface area contributed by atoms with Gasteiger partial charge in [-0.25, -0.2) is 0 Å². The smallest absolute Gasteiger partial charge is 0.0373 e. The molecule has 0 saturated heterocycles. The topological polar surface area (TPSA) is 26.0 Å². The molecular weight excluding hydrogens is 370 g/mol. The van der Waals surface area contributed by atoms with Crippen LogP contribution in [0.2, 0.25) is 0 Å². The van der Waals surface area contributed by atoms with Crippen molar-refractivity contribution in [3.05, 3.63) is 88.4 Å². The van der Waals surface area contributed by atoms with Gasteiger partial charge in [0.25, 0.3) is 0 Å². The van der Waals surface area contributed by atoms with Gasteiger partial charge in [-0.1, -0.05) is 66.3 Å². The van der Waals surface area contributed by atoms with Crippen molar-refractivity contribution in [3.8, 4) is 0 Å². The summed E-state index contributed by atoms with van der Waals surface area (Å²) in [5.74, 6) is 0.685. The average molecular weight is 406 g/mol. The number of aryl methyl sites for hydroxylation is 1. The molecule has 0 aromatic heterocycles. The van der Waals surface area contributed by atoms with E-state index in [1.54, 1.807) is 0 Å². The van der Waals surface area contributed by atoms with E-state index in [0.717, 1.165) is 25.8 Å². The van der Waals surface area contributed by atoms with E-state index in [1.165, 1.54) is 52.7 Å². The first-order valence-electron chi connectivity index (χ1n) is 10.9. The number of hydrogen-bond acceptors (Lipinski definition) is 2. The molecule has 3 rings (SSSR count). The van der Waals surface area contributed by atoms with Gasteiger partial charge in [-0.3, -0.25) is 0 Å². The molecule has 2 N–H and O–H groups in total. The third-order valence-corrected chi connectivity index (χ3v) is 7.22. The Bertz CT molecular complexity index is 840. The first-order valence-corrected chi connectivity index (χ1v) is 11.9. The van der Waals surface area contributed by atoms with Gasteiger partial charge in [0.1, 0.15) is 0 Å². The molecule has 0 spiro atoms. The molecule has 0 fully saturated rings. The Morgan fingerprint density at radius 1 is 1.31 bits per heavy atom. The van der Waals surface area contributed by atoms with Crippen LogP contribution < -0.4 is 5.73 Å². The molecular formula is C27H35NS. The Morgan fingerprint density at radius 2 is 2.14 bits per heavy atom. The fraction of sp³-hybridized carbons (Fsp3) is 0.407. The molecule has 2 heteroatoms. The quantitative estimate of drug-likeness (QED) is 0.434. The van der Waals surface area contributed by atoms with Crippen molar-refractivity contribution in [1.29, 1.82) is 0 Å². The summed E-state index contributed by atoms with van der Waals surface area (Å²) in [5.41, 5.74) is 13.8. The maximum Gasteiger partial charge on any atom is 0.0373 e. The van der Waals surface area contributed by atoms with Gasteiger partial charge in [-0.2, -0.15) is 0 Å². The summed E-state index contributed by atoms with van der Waals surface area (Å²) in [7, 11) is 0. The van der Waals surface area contributed by atoms with Crippen LogP contribution in [0.5, 0.6) is 0 Å². The largest absolute Gasteiger partial charge is 0.330 e. The van der Waals surface area contributed by atoms with Crippen molar-refractivity contribution in [1.82, 2.24) is 0 Å². The minimum Gasteiger partial charge on any atom is -0.330 e. The Hall–Kier alpha value is -1.77. The van der Waals surface area contributed by atoms with Crippen LogP contribution in [-0.4, -0.2) is 11.8 Å². The van der Waals surface area contributed by atoms with Gasteiger partial charge >= 0.3 is 0 Å². The SMILES string of the molecule is C=C1C(c2ccccc2C)=CSC1C/C=C(\C)CCC1C=CC(CCCN)=CC1. The molecule has 2 unspecified atom stereocenters. The van der Waals surface area contributed by atoms with Crippen LogP contribution in [0, 0.1) is 12.8 Å². The molecule has 1 aromatic carbocycles. The molecule has 0 saturated carbocycles. The van der Waals surface area contributed by atoms with Crippen LogP contribution in [0.25, 0.3) is 5.57 Å². The summed E-state index contributed by atoms with van der Waals surface area (Å²) < 4.78 is 0. The van der Waals surface area contributed by atoms with E-state index in [9.17, 15) is 0 Å². The highest BCUT2D eigenvalue weighted by Crippen LogP contribution is 2.42. The summed E-state index contributed by atoms with van der Waals surface area (Å²) in [6, 6.07) is 8.62. The molecule has 2 aliphatic rings. The summed E-state index contributed by atoms with van der Waals surface area (Å²) in [5, 5.41) is 2.78. The van der Waals surface area contributed by atoms with E-state index < -0.39 is 0 Å². The maximum atomic E-state index is 5.61. The average Bonchev–Trinajstić information content (AvgIpc) is 3.10. The third kappa shape index (κ3) is 6.10. The predicted octanol–water partition coefficient (Wildman–Crippen LogP) is 7.37. The van der Waals surface area contributed by atoms with Gasteiger partial charge in [0.05, 0.1) is 0 Å². The second-order valence-electron chi connectivity index (χ2n) is 8.35. The van der Waals surface area contributed by atoms with Crippen LogP contribution in [0.15, 0.2) is 77.3 Å². The zero-order valence-electron chi connectivity index (χ0n) is 18.0. The minimum absolute atomic E-state index is 0.474. The first kappa shape index (κ1) is 21.9. The molecule has 1 nitrogen and oxygen atoms in total. The number of benzene rings is 1. The fourth-order valence-corrected chi connectivity index (χ4v) is 5.11.